The Morgan fingerprint density at radius 3 is 2.80 bits per heavy atom. The standard InChI is InChI=1S/C12H16N2O/c1-4-14-11-7-5-6-9(2)10(11)8-13(3)12(14)15/h5-7H,4,8H2,1-3H3. The fourth-order valence-electron chi connectivity index (χ4n) is 2.06. The Bertz CT molecular complexity index is 401. The van der Waals surface area contributed by atoms with Gasteiger partial charge in [-0.05, 0) is 31.0 Å². The number of benzene rings is 1. The minimum absolute atomic E-state index is 0.0931. The summed E-state index contributed by atoms with van der Waals surface area (Å²) in [4.78, 5) is 15.5. The van der Waals surface area contributed by atoms with Crippen molar-refractivity contribution in [2.24, 2.45) is 0 Å². The van der Waals surface area contributed by atoms with E-state index in [1.165, 1.54) is 11.1 Å². The van der Waals surface area contributed by atoms with Crippen LogP contribution >= 0.6 is 0 Å². The first-order valence-corrected chi connectivity index (χ1v) is 5.26. The molecule has 0 N–H and O–H groups in total. The van der Waals surface area contributed by atoms with E-state index in [9.17, 15) is 4.79 Å². The third kappa shape index (κ3) is 1.48. The SMILES string of the molecule is CCN1C(=O)N(C)Cc2c(C)cccc21. The van der Waals surface area contributed by atoms with Crippen molar-refractivity contribution in [1.29, 1.82) is 0 Å². The zero-order chi connectivity index (χ0) is 11.0. The van der Waals surface area contributed by atoms with Gasteiger partial charge in [0.1, 0.15) is 0 Å². The van der Waals surface area contributed by atoms with Crippen LogP contribution in [0.5, 0.6) is 0 Å². The van der Waals surface area contributed by atoms with Crippen LogP contribution in [0, 0.1) is 6.92 Å². The average Bonchev–Trinajstić information content (AvgIpc) is 2.22. The quantitative estimate of drug-likeness (QED) is 0.689. The van der Waals surface area contributed by atoms with Crippen molar-refractivity contribution >= 4 is 11.7 Å². The first-order chi connectivity index (χ1) is 7.15. The van der Waals surface area contributed by atoms with Gasteiger partial charge in [-0.25, -0.2) is 4.79 Å². The molecule has 0 saturated heterocycles. The Morgan fingerprint density at radius 2 is 2.13 bits per heavy atom. The number of anilines is 1. The molecule has 0 atom stereocenters. The summed E-state index contributed by atoms with van der Waals surface area (Å²) in [6.07, 6.45) is 0. The molecule has 0 aromatic heterocycles. The Hall–Kier alpha value is -1.51. The first kappa shape index (κ1) is 10.0. The molecule has 1 aromatic carbocycles. The molecule has 1 aliphatic rings. The van der Waals surface area contributed by atoms with E-state index in [0.29, 0.717) is 0 Å². The van der Waals surface area contributed by atoms with Gasteiger partial charge in [0.2, 0.25) is 0 Å². The summed E-state index contributed by atoms with van der Waals surface area (Å²) >= 11 is 0. The summed E-state index contributed by atoms with van der Waals surface area (Å²) in [5, 5.41) is 0. The van der Waals surface area contributed by atoms with Crippen molar-refractivity contribution in [2.75, 3.05) is 18.5 Å². The summed E-state index contributed by atoms with van der Waals surface area (Å²) in [5.74, 6) is 0. The van der Waals surface area contributed by atoms with E-state index in [1.54, 1.807) is 4.90 Å². The van der Waals surface area contributed by atoms with Crippen LogP contribution in [0.1, 0.15) is 18.1 Å². The number of aryl methyl sites for hydroxylation is 1. The molecule has 1 heterocycles. The highest BCUT2D eigenvalue weighted by atomic mass is 16.2. The molecule has 0 aliphatic carbocycles. The highest BCUT2D eigenvalue weighted by molar-refractivity contribution is 5.94. The van der Waals surface area contributed by atoms with E-state index in [2.05, 4.69) is 13.0 Å². The molecule has 0 spiro atoms. The van der Waals surface area contributed by atoms with E-state index in [0.717, 1.165) is 18.8 Å². The summed E-state index contributed by atoms with van der Waals surface area (Å²) in [7, 11) is 1.85. The van der Waals surface area contributed by atoms with Gasteiger partial charge in [0.15, 0.2) is 0 Å². The van der Waals surface area contributed by atoms with Gasteiger partial charge in [-0.15, -0.1) is 0 Å². The van der Waals surface area contributed by atoms with E-state index in [4.69, 9.17) is 0 Å². The summed E-state index contributed by atoms with van der Waals surface area (Å²) < 4.78 is 0. The molecule has 0 unspecified atom stereocenters. The molecule has 0 fully saturated rings. The van der Waals surface area contributed by atoms with Crippen molar-refractivity contribution in [1.82, 2.24) is 4.90 Å². The monoisotopic (exact) mass is 204 g/mol. The molecule has 0 saturated carbocycles. The first-order valence-electron chi connectivity index (χ1n) is 5.26. The van der Waals surface area contributed by atoms with Crippen LogP contribution in [0.3, 0.4) is 0 Å². The lowest BCUT2D eigenvalue weighted by Crippen LogP contribution is -2.45. The Balaban J connectivity index is 2.54. The third-order valence-electron chi connectivity index (χ3n) is 2.95. The molecular weight excluding hydrogens is 188 g/mol. The lowest BCUT2D eigenvalue weighted by Gasteiger charge is -2.35. The maximum absolute atomic E-state index is 11.9. The van der Waals surface area contributed by atoms with Crippen molar-refractivity contribution in [2.45, 2.75) is 20.4 Å². The number of nitrogens with zero attached hydrogens (tertiary/aromatic N) is 2. The van der Waals surface area contributed by atoms with Gasteiger partial charge < -0.3 is 4.90 Å². The molecule has 80 valence electrons. The zero-order valence-electron chi connectivity index (χ0n) is 9.45. The van der Waals surface area contributed by atoms with Gasteiger partial charge in [0.25, 0.3) is 0 Å². The fraction of sp³-hybridized carbons (Fsp3) is 0.417. The number of carbonyl (C=O) groups excluding carboxylic acids is 1. The topological polar surface area (TPSA) is 23.6 Å². The Labute approximate surface area is 90.3 Å². The second-order valence-corrected chi connectivity index (χ2v) is 3.96. The maximum Gasteiger partial charge on any atom is 0.324 e. The molecular formula is C12H16N2O. The summed E-state index contributed by atoms with van der Waals surface area (Å²) in [5.41, 5.74) is 3.59. The van der Waals surface area contributed by atoms with E-state index in [-0.39, 0.29) is 6.03 Å². The molecule has 15 heavy (non-hydrogen) atoms. The largest absolute Gasteiger partial charge is 0.324 e. The molecule has 2 rings (SSSR count). The Morgan fingerprint density at radius 1 is 1.40 bits per heavy atom. The normalized spacial score (nSPS) is 15.5. The molecule has 1 aromatic rings. The van der Waals surface area contributed by atoms with Crippen molar-refractivity contribution in [3.8, 4) is 0 Å². The smallest absolute Gasteiger partial charge is 0.323 e. The van der Waals surface area contributed by atoms with Crippen molar-refractivity contribution in [3.63, 3.8) is 0 Å². The second kappa shape index (κ2) is 3.57. The number of hydrogen-bond acceptors (Lipinski definition) is 1. The number of hydrogen-bond donors (Lipinski definition) is 0. The molecule has 3 nitrogen and oxygen atoms in total. The highest BCUT2D eigenvalue weighted by Gasteiger charge is 2.27. The van der Waals surface area contributed by atoms with Crippen LogP contribution in [-0.2, 0) is 6.54 Å². The zero-order valence-corrected chi connectivity index (χ0v) is 9.45. The van der Waals surface area contributed by atoms with Crippen LogP contribution in [0.2, 0.25) is 0 Å². The number of carbonyl (C=O) groups is 1. The fourth-order valence-corrected chi connectivity index (χ4v) is 2.06. The van der Waals surface area contributed by atoms with Gasteiger partial charge in [0.05, 0.1) is 5.69 Å². The average molecular weight is 204 g/mol. The van der Waals surface area contributed by atoms with Crippen LogP contribution in [0.4, 0.5) is 10.5 Å². The lowest BCUT2D eigenvalue weighted by atomic mass is 10.0. The van der Waals surface area contributed by atoms with Gasteiger partial charge in [0, 0.05) is 20.1 Å². The van der Waals surface area contributed by atoms with Crippen molar-refractivity contribution < 1.29 is 4.79 Å². The number of urea groups is 1. The maximum atomic E-state index is 11.9. The second-order valence-electron chi connectivity index (χ2n) is 3.96. The number of fused-ring (bicyclic) bond motifs is 1. The molecule has 3 heteroatoms. The highest BCUT2D eigenvalue weighted by Crippen LogP contribution is 2.29. The predicted molar refractivity (Wildman–Crippen MR) is 61.1 cm³/mol. The number of rotatable bonds is 1. The minimum Gasteiger partial charge on any atom is -0.323 e. The van der Waals surface area contributed by atoms with Crippen LogP contribution in [0.15, 0.2) is 18.2 Å². The summed E-state index contributed by atoms with van der Waals surface area (Å²) in [6.45, 7) is 5.54. The number of amides is 2. The van der Waals surface area contributed by atoms with Gasteiger partial charge >= 0.3 is 6.03 Å². The van der Waals surface area contributed by atoms with Crippen LogP contribution < -0.4 is 4.90 Å². The van der Waals surface area contributed by atoms with E-state index < -0.39 is 0 Å². The van der Waals surface area contributed by atoms with Gasteiger partial charge in [-0.2, -0.15) is 0 Å². The minimum atomic E-state index is 0.0931. The molecule has 0 radical (unpaired) electrons. The molecule has 0 bridgehead atoms. The molecule has 2 amide bonds. The van der Waals surface area contributed by atoms with E-state index >= 15 is 0 Å². The summed E-state index contributed by atoms with van der Waals surface area (Å²) in [6, 6.07) is 6.22. The molecule has 1 aliphatic heterocycles. The van der Waals surface area contributed by atoms with Crippen molar-refractivity contribution in [3.05, 3.63) is 29.3 Å². The van der Waals surface area contributed by atoms with Gasteiger partial charge in [-0.1, -0.05) is 12.1 Å². The van der Waals surface area contributed by atoms with Crippen LogP contribution in [0.25, 0.3) is 0 Å². The predicted octanol–water partition coefficient (Wildman–Crippen LogP) is 2.39. The Kier molecular flexibility index (Phi) is 2.39. The third-order valence-corrected chi connectivity index (χ3v) is 2.95. The lowest BCUT2D eigenvalue weighted by molar-refractivity contribution is 0.210. The van der Waals surface area contributed by atoms with Gasteiger partial charge in [-0.3, -0.25) is 4.90 Å². The van der Waals surface area contributed by atoms with Crippen LogP contribution in [-0.4, -0.2) is 24.5 Å². The van der Waals surface area contributed by atoms with E-state index in [1.807, 2.05) is 31.0 Å².